The molecule has 108 valence electrons. The molecule has 21 heavy (non-hydrogen) atoms. The maximum Gasteiger partial charge on any atom is 0.309 e. The van der Waals surface area contributed by atoms with E-state index in [0.29, 0.717) is 13.0 Å². The van der Waals surface area contributed by atoms with E-state index >= 15 is 0 Å². The second-order valence-corrected chi connectivity index (χ2v) is 5.26. The lowest BCUT2D eigenvalue weighted by Crippen LogP contribution is -2.28. The third kappa shape index (κ3) is 2.61. The van der Waals surface area contributed by atoms with Crippen LogP contribution in [0.25, 0.3) is 0 Å². The van der Waals surface area contributed by atoms with Crippen LogP contribution in [0.3, 0.4) is 0 Å². The molecule has 2 aromatic rings. The number of hydrogen-bond donors (Lipinski definition) is 1. The molecule has 0 saturated carbocycles. The van der Waals surface area contributed by atoms with E-state index in [1.807, 2.05) is 35.2 Å². The number of anilines is 1. The van der Waals surface area contributed by atoms with Crippen LogP contribution in [0, 0.1) is 11.7 Å². The molecule has 2 unspecified atom stereocenters. The average Bonchev–Trinajstić information content (AvgIpc) is 2.94. The molecule has 1 fully saturated rings. The first-order valence-corrected chi connectivity index (χ1v) is 6.97. The Kier molecular flexibility index (Phi) is 3.60. The van der Waals surface area contributed by atoms with Crippen molar-refractivity contribution in [1.29, 1.82) is 0 Å². The van der Waals surface area contributed by atoms with Gasteiger partial charge >= 0.3 is 5.97 Å². The first-order valence-electron chi connectivity index (χ1n) is 6.97. The summed E-state index contributed by atoms with van der Waals surface area (Å²) in [6.07, 6.45) is 0.590. The molecule has 2 aromatic carbocycles. The molecule has 1 aliphatic heterocycles. The van der Waals surface area contributed by atoms with E-state index in [2.05, 4.69) is 0 Å². The fourth-order valence-corrected chi connectivity index (χ4v) is 3.04. The molecule has 0 spiro atoms. The van der Waals surface area contributed by atoms with Crippen molar-refractivity contribution in [3.63, 3.8) is 0 Å². The van der Waals surface area contributed by atoms with Crippen molar-refractivity contribution in [3.05, 3.63) is 66.0 Å². The molecular weight excluding hydrogens is 269 g/mol. The summed E-state index contributed by atoms with van der Waals surface area (Å²) in [4.78, 5) is 13.6. The molecule has 0 amide bonds. The predicted molar refractivity (Wildman–Crippen MR) is 78.7 cm³/mol. The quantitative estimate of drug-likeness (QED) is 0.938. The Morgan fingerprint density at radius 3 is 2.38 bits per heavy atom. The van der Waals surface area contributed by atoms with Gasteiger partial charge in [0.15, 0.2) is 0 Å². The monoisotopic (exact) mass is 285 g/mol. The lowest BCUT2D eigenvalue weighted by atomic mass is 9.93. The SMILES string of the molecule is O=C(O)C1CCN(c2ccc(F)cc2)C1c1ccccc1. The van der Waals surface area contributed by atoms with E-state index in [1.165, 1.54) is 12.1 Å². The molecule has 0 radical (unpaired) electrons. The third-order valence-electron chi connectivity index (χ3n) is 4.01. The Morgan fingerprint density at radius 1 is 1.10 bits per heavy atom. The molecule has 1 heterocycles. The van der Waals surface area contributed by atoms with Crippen molar-refractivity contribution in [2.45, 2.75) is 12.5 Å². The summed E-state index contributed by atoms with van der Waals surface area (Å²) in [6, 6.07) is 15.6. The normalized spacial score (nSPS) is 21.5. The molecule has 3 nitrogen and oxygen atoms in total. The number of carboxylic acid groups (broad SMARTS) is 1. The smallest absolute Gasteiger partial charge is 0.309 e. The molecule has 0 bridgehead atoms. The van der Waals surface area contributed by atoms with Crippen LogP contribution in [0.15, 0.2) is 54.6 Å². The van der Waals surface area contributed by atoms with Crippen molar-refractivity contribution >= 4 is 11.7 Å². The summed E-state index contributed by atoms with van der Waals surface area (Å²) in [6.45, 7) is 0.655. The second-order valence-electron chi connectivity index (χ2n) is 5.26. The highest BCUT2D eigenvalue weighted by Crippen LogP contribution is 2.40. The van der Waals surface area contributed by atoms with E-state index in [4.69, 9.17) is 0 Å². The fourth-order valence-electron chi connectivity index (χ4n) is 3.04. The Bertz CT molecular complexity index is 627. The molecule has 1 saturated heterocycles. The molecule has 4 heteroatoms. The predicted octanol–water partition coefficient (Wildman–Crippen LogP) is 3.48. The number of benzene rings is 2. The Hall–Kier alpha value is -2.36. The van der Waals surface area contributed by atoms with Crippen molar-refractivity contribution in [3.8, 4) is 0 Å². The highest BCUT2D eigenvalue weighted by Gasteiger charge is 2.39. The minimum atomic E-state index is -0.784. The number of hydrogen-bond acceptors (Lipinski definition) is 2. The van der Waals surface area contributed by atoms with E-state index in [-0.39, 0.29) is 11.9 Å². The highest BCUT2D eigenvalue weighted by atomic mass is 19.1. The van der Waals surface area contributed by atoms with Crippen molar-refractivity contribution in [2.24, 2.45) is 5.92 Å². The van der Waals surface area contributed by atoms with Gasteiger partial charge in [0.25, 0.3) is 0 Å². The van der Waals surface area contributed by atoms with Crippen LogP contribution in [0.1, 0.15) is 18.0 Å². The van der Waals surface area contributed by atoms with Crippen LogP contribution < -0.4 is 4.90 Å². The van der Waals surface area contributed by atoms with Gasteiger partial charge in [-0.3, -0.25) is 4.79 Å². The van der Waals surface area contributed by atoms with Crippen LogP contribution in [0.4, 0.5) is 10.1 Å². The second kappa shape index (κ2) is 5.56. The molecule has 1 N–H and O–H groups in total. The Labute approximate surface area is 122 Å². The lowest BCUT2D eigenvalue weighted by Gasteiger charge is -2.29. The van der Waals surface area contributed by atoms with Crippen LogP contribution in [0.2, 0.25) is 0 Å². The first kappa shape index (κ1) is 13.6. The average molecular weight is 285 g/mol. The van der Waals surface area contributed by atoms with Crippen LogP contribution in [0.5, 0.6) is 0 Å². The van der Waals surface area contributed by atoms with Crippen LogP contribution in [-0.4, -0.2) is 17.6 Å². The summed E-state index contributed by atoms with van der Waals surface area (Å²) in [5.41, 5.74) is 1.83. The zero-order chi connectivity index (χ0) is 14.8. The molecule has 1 aliphatic rings. The van der Waals surface area contributed by atoms with Gasteiger partial charge in [0.05, 0.1) is 12.0 Å². The number of nitrogens with zero attached hydrogens (tertiary/aromatic N) is 1. The molecule has 2 atom stereocenters. The van der Waals surface area contributed by atoms with Gasteiger partial charge in [0.2, 0.25) is 0 Å². The minimum absolute atomic E-state index is 0.214. The summed E-state index contributed by atoms with van der Waals surface area (Å²) in [5, 5.41) is 9.47. The number of carboxylic acids is 1. The summed E-state index contributed by atoms with van der Waals surface area (Å²) in [5.74, 6) is -1.52. The van der Waals surface area contributed by atoms with Gasteiger partial charge in [-0.1, -0.05) is 30.3 Å². The van der Waals surface area contributed by atoms with E-state index in [9.17, 15) is 14.3 Å². The molecule has 0 aromatic heterocycles. The molecule has 3 rings (SSSR count). The van der Waals surface area contributed by atoms with Gasteiger partial charge in [0, 0.05) is 12.2 Å². The van der Waals surface area contributed by atoms with Gasteiger partial charge in [-0.25, -0.2) is 4.39 Å². The van der Waals surface area contributed by atoms with E-state index < -0.39 is 11.9 Å². The van der Waals surface area contributed by atoms with Gasteiger partial charge < -0.3 is 10.0 Å². The van der Waals surface area contributed by atoms with E-state index in [0.717, 1.165) is 11.3 Å². The third-order valence-corrected chi connectivity index (χ3v) is 4.01. The van der Waals surface area contributed by atoms with Crippen LogP contribution in [-0.2, 0) is 4.79 Å². The Morgan fingerprint density at radius 2 is 1.76 bits per heavy atom. The van der Waals surface area contributed by atoms with Gasteiger partial charge in [-0.2, -0.15) is 0 Å². The number of aliphatic carboxylic acids is 1. The molecule has 0 aliphatic carbocycles. The van der Waals surface area contributed by atoms with Gasteiger partial charge in [0.1, 0.15) is 5.82 Å². The summed E-state index contributed by atoms with van der Waals surface area (Å²) < 4.78 is 13.1. The number of halogens is 1. The van der Waals surface area contributed by atoms with E-state index in [1.54, 1.807) is 12.1 Å². The summed E-state index contributed by atoms with van der Waals surface area (Å²) in [7, 11) is 0. The van der Waals surface area contributed by atoms with Crippen molar-refractivity contribution in [1.82, 2.24) is 0 Å². The summed E-state index contributed by atoms with van der Waals surface area (Å²) >= 11 is 0. The number of rotatable bonds is 3. The largest absolute Gasteiger partial charge is 0.481 e. The zero-order valence-corrected chi connectivity index (χ0v) is 11.4. The first-order chi connectivity index (χ1) is 10.2. The molecular formula is C17H16FNO2. The lowest BCUT2D eigenvalue weighted by molar-refractivity contribution is -0.141. The standard InChI is InChI=1S/C17H16FNO2/c18-13-6-8-14(9-7-13)19-11-10-15(17(20)21)16(19)12-4-2-1-3-5-12/h1-9,15-16H,10-11H2,(H,20,21). The Balaban J connectivity index is 1.99. The maximum absolute atomic E-state index is 13.1. The highest BCUT2D eigenvalue weighted by molar-refractivity contribution is 5.73. The van der Waals surface area contributed by atoms with Crippen LogP contribution >= 0.6 is 0 Å². The maximum atomic E-state index is 13.1. The van der Waals surface area contributed by atoms with Crippen molar-refractivity contribution < 1.29 is 14.3 Å². The van der Waals surface area contributed by atoms with Crippen molar-refractivity contribution in [2.75, 3.05) is 11.4 Å². The topological polar surface area (TPSA) is 40.5 Å². The van der Waals surface area contributed by atoms with Gasteiger partial charge in [-0.05, 0) is 36.2 Å². The zero-order valence-electron chi connectivity index (χ0n) is 11.4. The number of carbonyl (C=O) groups is 1. The minimum Gasteiger partial charge on any atom is -0.481 e. The fraction of sp³-hybridized carbons (Fsp3) is 0.235. The van der Waals surface area contributed by atoms with Gasteiger partial charge in [-0.15, -0.1) is 0 Å².